The van der Waals surface area contributed by atoms with Crippen LogP contribution in [0.25, 0.3) is 11.1 Å². The maximum Gasteiger partial charge on any atom is 0.251 e. The quantitative estimate of drug-likeness (QED) is 0.716. The molecule has 25 heavy (non-hydrogen) atoms. The average Bonchev–Trinajstić information content (AvgIpc) is 3.16. The van der Waals surface area contributed by atoms with Crippen LogP contribution in [0.5, 0.6) is 0 Å². The minimum Gasteiger partial charge on any atom is -0.345 e. The molecule has 0 aliphatic rings. The lowest BCUT2D eigenvalue weighted by Crippen LogP contribution is -2.29. The molecule has 5 nitrogen and oxygen atoms in total. The zero-order valence-electron chi connectivity index (χ0n) is 14.4. The predicted octanol–water partition coefficient (Wildman–Crippen LogP) is 3.99. The summed E-state index contributed by atoms with van der Waals surface area (Å²) in [5, 5.41) is 9.91. The lowest BCUT2D eigenvalue weighted by molar-refractivity contribution is 0.0932. The molecule has 0 aliphatic carbocycles. The van der Waals surface area contributed by atoms with Gasteiger partial charge in [-0.15, -0.1) is 0 Å². The summed E-state index contributed by atoms with van der Waals surface area (Å²) in [4.78, 5) is 17.0. The number of rotatable bonds is 6. The van der Waals surface area contributed by atoms with Crippen molar-refractivity contribution in [3.8, 4) is 11.1 Å². The van der Waals surface area contributed by atoms with E-state index in [4.69, 9.17) is 0 Å². The van der Waals surface area contributed by atoms with Crippen molar-refractivity contribution in [1.29, 1.82) is 0 Å². The normalized spacial score (nSPS) is 12.1. The van der Waals surface area contributed by atoms with Crippen LogP contribution in [0.1, 0.15) is 42.2 Å². The minimum absolute atomic E-state index is 0.0567. The van der Waals surface area contributed by atoms with Gasteiger partial charge in [0.2, 0.25) is 0 Å². The van der Waals surface area contributed by atoms with Crippen LogP contribution in [0.4, 0.5) is 0 Å². The minimum atomic E-state index is -0.0835. The van der Waals surface area contributed by atoms with E-state index >= 15 is 0 Å². The van der Waals surface area contributed by atoms with E-state index in [-0.39, 0.29) is 11.9 Å². The van der Waals surface area contributed by atoms with Gasteiger partial charge >= 0.3 is 0 Å². The van der Waals surface area contributed by atoms with Crippen LogP contribution >= 0.6 is 0 Å². The maximum atomic E-state index is 12.8. The number of carbonyl (C=O) groups excluding carboxylic acids is 1. The summed E-state index contributed by atoms with van der Waals surface area (Å²) >= 11 is 0. The van der Waals surface area contributed by atoms with E-state index in [1.807, 2.05) is 48.8 Å². The third kappa shape index (κ3) is 4.32. The Balaban J connectivity index is 1.81. The summed E-state index contributed by atoms with van der Waals surface area (Å²) in [7, 11) is 0. The van der Waals surface area contributed by atoms with Gasteiger partial charge in [0.1, 0.15) is 0 Å². The molecule has 2 aromatic heterocycles. The molecule has 0 fully saturated rings. The molecule has 2 N–H and O–H groups in total. The van der Waals surface area contributed by atoms with Gasteiger partial charge in [0.15, 0.2) is 0 Å². The molecule has 1 aromatic carbocycles. The topological polar surface area (TPSA) is 70.7 Å². The summed E-state index contributed by atoms with van der Waals surface area (Å²) < 4.78 is 0. The Labute approximate surface area is 147 Å². The molecule has 1 unspecified atom stereocenters. The smallest absolute Gasteiger partial charge is 0.251 e. The van der Waals surface area contributed by atoms with Crippen LogP contribution in [0, 0.1) is 5.92 Å². The Kier molecular flexibility index (Phi) is 5.23. The fourth-order valence-electron chi connectivity index (χ4n) is 2.82. The first-order valence-electron chi connectivity index (χ1n) is 8.43. The number of hydrogen-bond acceptors (Lipinski definition) is 3. The number of aromatic amines is 1. The highest BCUT2D eigenvalue weighted by Gasteiger charge is 2.17. The Morgan fingerprint density at radius 2 is 2.04 bits per heavy atom. The van der Waals surface area contributed by atoms with Crippen molar-refractivity contribution >= 4 is 5.91 Å². The van der Waals surface area contributed by atoms with Crippen molar-refractivity contribution in [2.24, 2.45) is 5.92 Å². The van der Waals surface area contributed by atoms with Crippen LogP contribution < -0.4 is 5.32 Å². The molecule has 3 aromatic rings. The van der Waals surface area contributed by atoms with Gasteiger partial charge in [-0.2, -0.15) is 5.10 Å². The number of benzene rings is 1. The fourth-order valence-corrected chi connectivity index (χ4v) is 2.82. The van der Waals surface area contributed by atoms with Gasteiger partial charge in [-0.05, 0) is 41.7 Å². The molecule has 0 radical (unpaired) electrons. The van der Waals surface area contributed by atoms with Crippen molar-refractivity contribution in [2.45, 2.75) is 26.3 Å². The second-order valence-corrected chi connectivity index (χ2v) is 6.51. The van der Waals surface area contributed by atoms with Crippen LogP contribution in [0.15, 0.2) is 61.2 Å². The Hall–Kier alpha value is -2.95. The second kappa shape index (κ2) is 7.75. The van der Waals surface area contributed by atoms with E-state index in [1.54, 1.807) is 12.4 Å². The second-order valence-electron chi connectivity index (χ2n) is 6.51. The molecule has 1 atom stereocenters. The number of amides is 1. The van der Waals surface area contributed by atoms with Gasteiger partial charge < -0.3 is 5.32 Å². The van der Waals surface area contributed by atoms with Gasteiger partial charge in [-0.1, -0.05) is 32.0 Å². The number of pyridine rings is 1. The average molecular weight is 334 g/mol. The summed E-state index contributed by atoms with van der Waals surface area (Å²) in [5.74, 6) is 0.377. The summed E-state index contributed by atoms with van der Waals surface area (Å²) in [6.07, 6.45) is 7.97. The fraction of sp³-hybridized carbons (Fsp3) is 0.250. The molecule has 0 saturated carbocycles. The molecule has 5 heteroatoms. The summed E-state index contributed by atoms with van der Waals surface area (Å²) in [5.41, 5.74) is 3.58. The molecule has 3 rings (SSSR count). The van der Waals surface area contributed by atoms with Crippen LogP contribution in [0.2, 0.25) is 0 Å². The molecule has 0 aliphatic heterocycles. The largest absolute Gasteiger partial charge is 0.345 e. The SMILES string of the molecule is CC(C)CC(NC(=O)c1cccc(-c2cn[nH]c2)c1)c1cccnc1. The highest BCUT2D eigenvalue weighted by atomic mass is 16.1. The number of nitrogens with zero attached hydrogens (tertiary/aromatic N) is 2. The highest BCUT2D eigenvalue weighted by Crippen LogP contribution is 2.22. The highest BCUT2D eigenvalue weighted by molar-refractivity contribution is 5.95. The lowest BCUT2D eigenvalue weighted by Gasteiger charge is -2.21. The number of H-pyrrole nitrogens is 1. The van der Waals surface area contributed by atoms with Crippen molar-refractivity contribution in [3.63, 3.8) is 0 Å². The molecular formula is C20H22N4O. The van der Waals surface area contributed by atoms with E-state index in [0.717, 1.165) is 23.1 Å². The zero-order chi connectivity index (χ0) is 17.6. The summed E-state index contributed by atoms with van der Waals surface area (Å²) in [6, 6.07) is 11.4. The monoisotopic (exact) mass is 334 g/mol. The van der Waals surface area contributed by atoms with Crippen LogP contribution in [-0.4, -0.2) is 21.1 Å². The first-order chi connectivity index (χ1) is 12.1. The number of hydrogen-bond donors (Lipinski definition) is 2. The van der Waals surface area contributed by atoms with Gasteiger partial charge in [0, 0.05) is 29.7 Å². The van der Waals surface area contributed by atoms with E-state index in [9.17, 15) is 4.79 Å². The summed E-state index contributed by atoms with van der Waals surface area (Å²) in [6.45, 7) is 4.30. The van der Waals surface area contributed by atoms with Crippen molar-refractivity contribution in [1.82, 2.24) is 20.5 Å². The Morgan fingerprint density at radius 3 is 2.72 bits per heavy atom. The molecule has 0 saturated heterocycles. The lowest BCUT2D eigenvalue weighted by atomic mass is 9.97. The van der Waals surface area contributed by atoms with Gasteiger partial charge in [-0.3, -0.25) is 14.9 Å². The molecule has 0 spiro atoms. The number of nitrogens with one attached hydrogen (secondary N) is 2. The van der Waals surface area contributed by atoms with Crippen molar-refractivity contribution < 1.29 is 4.79 Å². The molecule has 128 valence electrons. The van der Waals surface area contributed by atoms with Crippen molar-refractivity contribution in [3.05, 3.63) is 72.3 Å². The molecule has 1 amide bonds. The first-order valence-corrected chi connectivity index (χ1v) is 8.43. The number of carbonyl (C=O) groups is 1. The van der Waals surface area contributed by atoms with E-state index in [2.05, 4.69) is 34.3 Å². The first kappa shape index (κ1) is 16.9. The van der Waals surface area contributed by atoms with Gasteiger partial charge in [0.05, 0.1) is 12.2 Å². The van der Waals surface area contributed by atoms with Crippen molar-refractivity contribution in [2.75, 3.05) is 0 Å². The maximum absolute atomic E-state index is 12.8. The van der Waals surface area contributed by atoms with E-state index in [1.165, 1.54) is 0 Å². The van der Waals surface area contributed by atoms with Crippen LogP contribution in [-0.2, 0) is 0 Å². The number of aromatic nitrogens is 3. The molecular weight excluding hydrogens is 312 g/mol. The molecule has 2 heterocycles. The van der Waals surface area contributed by atoms with Gasteiger partial charge in [0.25, 0.3) is 5.91 Å². The molecule has 0 bridgehead atoms. The predicted molar refractivity (Wildman–Crippen MR) is 97.9 cm³/mol. The Bertz CT molecular complexity index is 813. The third-order valence-corrected chi connectivity index (χ3v) is 4.06. The van der Waals surface area contributed by atoms with Crippen LogP contribution in [0.3, 0.4) is 0 Å². The zero-order valence-corrected chi connectivity index (χ0v) is 14.4. The Morgan fingerprint density at radius 1 is 1.16 bits per heavy atom. The standard InChI is InChI=1S/C20H22N4O/c1-14(2)9-19(17-7-4-8-21-11-17)24-20(25)16-6-3-5-15(10-16)18-12-22-23-13-18/h3-8,10-14,19H,9H2,1-2H3,(H,22,23)(H,24,25). The van der Waals surface area contributed by atoms with E-state index < -0.39 is 0 Å². The third-order valence-electron chi connectivity index (χ3n) is 4.06. The van der Waals surface area contributed by atoms with Gasteiger partial charge in [-0.25, -0.2) is 0 Å². The van der Waals surface area contributed by atoms with E-state index in [0.29, 0.717) is 11.5 Å².